The smallest absolute Gasteiger partial charge is 0.0487 e. The average Bonchev–Trinajstić information content (AvgIpc) is 2.04. The number of hydrogen-bond acceptors (Lipinski definition) is 0. The van der Waals surface area contributed by atoms with Gasteiger partial charge < -0.3 is 0 Å². The van der Waals surface area contributed by atoms with Crippen LogP contribution >= 0.6 is 11.6 Å². The van der Waals surface area contributed by atoms with E-state index in [9.17, 15) is 0 Å². The van der Waals surface area contributed by atoms with Gasteiger partial charge in [-0.3, -0.25) is 0 Å². The van der Waals surface area contributed by atoms with E-state index in [4.69, 9.17) is 11.6 Å². The van der Waals surface area contributed by atoms with E-state index in [1.54, 1.807) is 0 Å². The molecule has 0 aliphatic rings. The number of aryl methyl sites for hydroxylation is 1. The monoisotopic (exact) mass is 176 g/mol. The van der Waals surface area contributed by atoms with Crippen LogP contribution in [0.3, 0.4) is 0 Å². The minimum Gasteiger partial charge on any atom is -0.0837 e. The summed E-state index contributed by atoms with van der Waals surface area (Å²) in [6.07, 6.45) is 0. The van der Waals surface area contributed by atoms with Gasteiger partial charge in [-0.1, -0.05) is 41.9 Å². The van der Waals surface area contributed by atoms with Crippen molar-refractivity contribution in [3.8, 4) is 0 Å². The normalized spacial score (nSPS) is 10.5. The molecular weight excluding hydrogens is 168 g/mol. The molecule has 2 aromatic carbocycles. The molecule has 0 saturated carbocycles. The van der Waals surface area contributed by atoms with Crippen molar-refractivity contribution in [2.75, 3.05) is 0 Å². The fourth-order valence-electron chi connectivity index (χ4n) is 1.40. The molecule has 0 amide bonds. The van der Waals surface area contributed by atoms with E-state index in [-0.39, 0.29) is 0 Å². The summed E-state index contributed by atoms with van der Waals surface area (Å²) in [6, 6.07) is 12.3. The first-order valence-electron chi connectivity index (χ1n) is 3.92. The number of rotatable bonds is 0. The molecule has 0 saturated heterocycles. The molecule has 0 radical (unpaired) electrons. The predicted molar refractivity (Wildman–Crippen MR) is 53.7 cm³/mol. The van der Waals surface area contributed by atoms with Crippen LogP contribution < -0.4 is 0 Å². The van der Waals surface area contributed by atoms with Gasteiger partial charge in [0.1, 0.15) is 0 Å². The zero-order valence-corrected chi connectivity index (χ0v) is 7.60. The van der Waals surface area contributed by atoms with Gasteiger partial charge in [-0.2, -0.15) is 0 Å². The van der Waals surface area contributed by atoms with Crippen LogP contribution in [0.5, 0.6) is 0 Å². The minimum absolute atomic E-state index is 0.839. The van der Waals surface area contributed by atoms with Crippen molar-refractivity contribution >= 4 is 22.4 Å². The van der Waals surface area contributed by atoms with Crippen LogP contribution in [0, 0.1) is 6.92 Å². The maximum Gasteiger partial charge on any atom is 0.0487 e. The maximum absolute atomic E-state index is 6.06. The lowest BCUT2D eigenvalue weighted by Gasteiger charge is -2.01. The molecule has 0 fully saturated rings. The molecule has 12 heavy (non-hydrogen) atoms. The number of halogens is 1. The van der Waals surface area contributed by atoms with Gasteiger partial charge in [0, 0.05) is 10.4 Å². The van der Waals surface area contributed by atoms with Gasteiger partial charge in [-0.25, -0.2) is 0 Å². The highest BCUT2D eigenvalue weighted by molar-refractivity contribution is 6.35. The van der Waals surface area contributed by atoms with Crippen molar-refractivity contribution in [2.45, 2.75) is 6.92 Å². The van der Waals surface area contributed by atoms with E-state index in [0.717, 1.165) is 10.4 Å². The first-order chi connectivity index (χ1) is 5.77. The summed E-state index contributed by atoms with van der Waals surface area (Å²) in [5.41, 5.74) is 1.21. The minimum atomic E-state index is 0.839. The molecule has 0 bridgehead atoms. The first kappa shape index (κ1) is 7.63. The Kier molecular flexibility index (Phi) is 1.78. The molecule has 0 N–H and O–H groups in total. The van der Waals surface area contributed by atoms with E-state index in [2.05, 4.69) is 19.1 Å². The van der Waals surface area contributed by atoms with Gasteiger partial charge in [0.05, 0.1) is 0 Å². The zero-order chi connectivity index (χ0) is 8.55. The van der Waals surface area contributed by atoms with Crippen LogP contribution in [-0.4, -0.2) is 0 Å². The summed E-state index contributed by atoms with van der Waals surface area (Å²) in [6.45, 7) is 2.05. The second kappa shape index (κ2) is 2.80. The van der Waals surface area contributed by atoms with E-state index < -0.39 is 0 Å². The molecule has 2 aromatic rings. The van der Waals surface area contributed by atoms with Gasteiger partial charge in [0.25, 0.3) is 0 Å². The first-order valence-corrected chi connectivity index (χ1v) is 4.30. The standard InChI is InChI=1S/C11H9Cl/c1-8-6-9-4-2-3-5-10(9)11(12)7-8/h2-7H,1H3. The van der Waals surface area contributed by atoms with Crippen LogP contribution in [0.1, 0.15) is 5.56 Å². The largest absolute Gasteiger partial charge is 0.0837 e. The van der Waals surface area contributed by atoms with E-state index >= 15 is 0 Å². The SMILES string of the molecule is Cc1cc(Cl)c2ccccc2c1. The number of benzene rings is 2. The fourth-order valence-corrected chi connectivity index (χ4v) is 1.75. The van der Waals surface area contributed by atoms with Crippen molar-refractivity contribution in [2.24, 2.45) is 0 Å². The molecular formula is C11H9Cl. The summed E-state index contributed by atoms with van der Waals surface area (Å²) < 4.78 is 0. The molecule has 0 unspecified atom stereocenters. The molecule has 2 rings (SSSR count). The Hall–Kier alpha value is -1.01. The molecule has 0 aliphatic carbocycles. The van der Waals surface area contributed by atoms with Gasteiger partial charge in [0.15, 0.2) is 0 Å². The third-order valence-electron chi connectivity index (χ3n) is 1.96. The topological polar surface area (TPSA) is 0 Å². The summed E-state index contributed by atoms with van der Waals surface area (Å²) in [5.74, 6) is 0. The molecule has 0 nitrogen and oxygen atoms in total. The van der Waals surface area contributed by atoms with Crippen molar-refractivity contribution in [1.29, 1.82) is 0 Å². The molecule has 0 heterocycles. The lowest BCUT2D eigenvalue weighted by Crippen LogP contribution is -1.76. The Balaban J connectivity index is 2.89. The molecule has 60 valence electrons. The molecule has 0 spiro atoms. The van der Waals surface area contributed by atoms with Crippen molar-refractivity contribution in [1.82, 2.24) is 0 Å². The van der Waals surface area contributed by atoms with Crippen LogP contribution in [0.4, 0.5) is 0 Å². The Labute approximate surface area is 76.8 Å². The van der Waals surface area contributed by atoms with Crippen LogP contribution in [0.2, 0.25) is 5.02 Å². The van der Waals surface area contributed by atoms with Crippen molar-refractivity contribution in [3.63, 3.8) is 0 Å². The van der Waals surface area contributed by atoms with Gasteiger partial charge in [-0.05, 0) is 23.9 Å². The Bertz CT molecular complexity index is 418. The highest BCUT2D eigenvalue weighted by Gasteiger charge is 1.97. The molecule has 0 aromatic heterocycles. The van der Waals surface area contributed by atoms with Crippen molar-refractivity contribution < 1.29 is 0 Å². The number of hydrogen-bond donors (Lipinski definition) is 0. The van der Waals surface area contributed by atoms with Crippen LogP contribution in [0.15, 0.2) is 36.4 Å². The third kappa shape index (κ3) is 1.19. The Morgan fingerprint density at radius 3 is 2.67 bits per heavy atom. The highest BCUT2D eigenvalue weighted by atomic mass is 35.5. The van der Waals surface area contributed by atoms with Crippen LogP contribution in [-0.2, 0) is 0 Å². The Morgan fingerprint density at radius 2 is 1.83 bits per heavy atom. The van der Waals surface area contributed by atoms with E-state index in [1.807, 2.05) is 24.3 Å². The zero-order valence-electron chi connectivity index (χ0n) is 6.84. The lowest BCUT2D eigenvalue weighted by atomic mass is 10.1. The summed E-state index contributed by atoms with van der Waals surface area (Å²) >= 11 is 6.06. The lowest BCUT2D eigenvalue weighted by molar-refractivity contribution is 1.51. The molecule has 1 heteroatoms. The Morgan fingerprint density at radius 1 is 1.08 bits per heavy atom. The van der Waals surface area contributed by atoms with E-state index in [1.165, 1.54) is 10.9 Å². The fraction of sp³-hybridized carbons (Fsp3) is 0.0909. The average molecular weight is 177 g/mol. The second-order valence-corrected chi connectivity index (χ2v) is 3.38. The summed E-state index contributed by atoms with van der Waals surface area (Å²) in [7, 11) is 0. The van der Waals surface area contributed by atoms with Crippen LogP contribution in [0.25, 0.3) is 10.8 Å². The van der Waals surface area contributed by atoms with E-state index in [0.29, 0.717) is 0 Å². The van der Waals surface area contributed by atoms with Gasteiger partial charge in [0.2, 0.25) is 0 Å². The predicted octanol–water partition coefficient (Wildman–Crippen LogP) is 3.80. The molecule has 0 aliphatic heterocycles. The van der Waals surface area contributed by atoms with Gasteiger partial charge in [-0.15, -0.1) is 0 Å². The highest BCUT2D eigenvalue weighted by Crippen LogP contribution is 2.24. The van der Waals surface area contributed by atoms with Crippen molar-refractivity contribution in [3.05, 3.63) is 47.0 Å². The molecule has 0 atom stereocenters. The second-order valence-electron chi connectivity index (χ2n) is 2.97. The quantitative estimate of drug-likeness (QED) is 0.573. The third-order valence-corrected chi connectivity index (χ3v) is 2.27. The summed E-state index contributed by atoms with van der Waals surface area (Å²) in [5, 5.41) is 3.18. The van der Waals surface area contributed by atoms with Gasteiger partial charge >= 0.3 is 0 Å². The maximum atomic E-state index is 6.06. The number of fused-ring (bicyclic) bond motifs is 1. The summed E-state index contributed by atoms with van der Waals surface area (Å²) in [4.78, 5) is 0.